The highest BCUT2D eigenvalue weighted by atomic mass is 16.5. The fraction of sp³-hybridized carbons (Fsp3) is 0.364. The van der Waals surface area contributed by atoms with Crippen LogP contribution in [0.4, 0.5) is 5.82 Å². The van der Waals surface area contributed by atoms with E-state index in [0.717, 1.165) is 60.9 Å². The van der Waals surface area contributed by atoms with Gasteiger partial charge in [-0.1, -0.05) is 24.3 Å². The molecular weight excluding hydrogens is 336 g/mol. The number of likely N-dealkylation sites (tertiary alicyclic amines) is 1. The van der Waals surface area contributed by atoms with Gasteiger partial charge in [0.2, 0.25) is 0 Å². The van der Waals surface area contributed by atoms with Crippen molar-refractivity contribution in [2.24, 2.45) is 0 Å². The van der Waals surface area contributed by atoms with Crippen molar-refractivity contribution in [3.8, 4) is 5.75 Å². The summed E-state index contributed by atoms with van der Waals surface area (Å²) in [5.74, 6) is 2.73. The minimum absolute atomic E-state index is 0.830. The normalized spacial score (nSPS) is 14.6. The molecule has 0 amide bonds. The summed E-state index contributed by atoms with van der Waals surface area (Å²) in [5, 5.41) is 4.61. The molecule has 0 atom stereocenters. The highest BCUT2D eigenvalue weighted by Crippen LogP contribution is 2.21. The van der Waals surface area contributed by atoms with Gasteiger partial charge in [0.25, 0.3) is 0 Å². The molecule has 0 saturated carbocycles. The lowest BCUT2D eigenvalue weighted by Crippen LogP contribution is -2.20. The van der Waals surface area contributed by atoms with Gasteiger partial charge in [0, 0.05) is 11.9 Å². The van der Waals surface area contributed by atoms with Gasteiger partial charge in [0.15, 0.2) is 0 Å². The molecule has 5 nitrogen and oxygen atoms in total. The molecule has 1 aliphatic rings. The zero-order chi connectivity index (χ0) is 18.5. The van der Waals surface area contributed by atoms with Crippen molar-refractivity contribution < 1.29 is 4.74 Å². The van der Waals surface area contributed by atoms with Gasteiger partial charge in [-0.3, -0.25) is 4.90 Å². The summed E-state index contributed by atoms with van der Waals surface area (Å²) in [7, 11) is 1.69. The third-order valence-corrected chi connectivity index (χ3v) is 5.08. The Hall–Kier alpha value is -2.66. The minimum atomic E-state index is 0.830. The number of hydrogen-bond acceptors (Lipinski definition) is 5. The van der Waals surface area contributed by atoms with Crippen LogP contribution in [0.1, 0.15) is 24.2 Å². The Labute approximate surface area is 160 Å². The number of rotatable bonds is 7. The molecule has 1 aliphatic heterocycles. The van der Waals surface area contributed by atoms with Crippen LogP contribution in [0.2, 0.25) is 0 Å². The molecule has 1 aromatic heterocycles. The van der Waals surface area contributed by atoms with Crippen LogP contribution in [-0.4, -0.2) is 41.6 Å². The first-order valence-corrected chi connectivity index (χ1v) is 9.66. The quantitative estimate of drug-likeness (QED) is 0.691. The Balaban J connectivity index is 1.48. The molecule has 0 spiro atoms. The second-order valence-electron chi connectivity index (χ2n) is 7.01. The standard InChI is InChI=1S/C22H26N4O/c1-27-18-10-8-17(9-11-18)12-13-23-22-19-6-2-3-7-20(19)24-21(25-22)16-26-14-4-5-15-26/h2-3,6-11H,4-5,12-16H2,1H3,(H,23,24,25). The van der Waals surface area contributed by atoms with Gasteiger partial charge >= 0.3 is 0 Å². The van der Waals surface area contributed by atoms with E-state index in [9.17, 15) is 0 Å². The van der Waals surface area contributed by atoms with Crippen LogP contribution < -0.4 is 10.1 Å². The van der Waals surface area contributed by atoms with Crippen LogP contribution in [0, 0.1) is 0 Å². The summed E-state index contributed by atoms with van der Waals surface area (Å²) in [6.45, 7) is 3.96. The molecule has 1 fully saturated rings. The highest BCUT2D eigenvalue weighted by Gasteiger charge is 2.15. The molecule has 5 heteroatoms. The minimum Gasteiger partial charge on any atom is -0.497 e. The molecule has 3 aromatic rings. The van der Waals surface area contributed by atoms with E-state index in [1.807, 2.05) is 24.3 Å². The predicted molar refractivity (Wildman–Crippen MR) is 109 cm³/mol. The Morgan fingerprint density at radius 2 is 1.78 bits per heavy atom. The number of anilines is 1. The fourth-order valence-corrected chi connectivity index (χ4v) is 3.59. The summed E-state index contributed by atoms with van der Waals surface area (Å²) < 4.78 is 5.22. The molecule has 4 rings (SSSR count). The van der Waals surface area contributed by atoms with Crippen LogP contribution in [-0.2, 0) is 13.0 Å². The highest BCUT2D eigenvalue weighted by molar-refractivity contribution is 5.88. The Morgan fingerprint density at radius 3 is 2.56 bits per heavy atom. The molecule has 0 bridgehead atoms. The lowest BCUT2D eigenvalue weighted by Gasteiger charge is -2.15. The van der Waals surface area contributed by atoms with Gasteiger partial charge in [0.1, 0.15) is 17.4 Å². The topological polar surface area (TPSA) is 50.3 Å². The third kappa shape index (κ3) is 4.37. The Morgan fingerprint density at radius 1 is 1.00 bits per heavy atom. The van der Waals surface area contributed by atoms with Gasteiger partial charge in [-0.05, 0) is 62.2 Å². The number of hydrogen-bond donors (Lipinski definition) is 1. The predicted octanol–water partition coefficient (Wildman–Crippen LogP) is 3.89. The van der Waals surface area contributed by atoms with E-state index in [4.69, 9.17) is 14.7 Å². The van der Waals surface area contributed by atoms with E-state index in [1.165, 1.54) is 18.4 Å². The molecule has 2 aromatic carbocycles. The summed E-state index contributed by atoms with van der Waals surface area (Å²) >= 11 is 0. The number of methoxy groups -OCH3 is 1. The molecule has 2 heterocycles. The van der Waals surface area contributed by atoms with E-state index in [2.05, 4.69) is 34.5 Å². The van der Waals surface area contributed by atoms with Crippen LogP contribution >= 0.6 is 0 Å². The zero-order valence-corrected chi connectivity index (χ0v) is 15.8. The van der Waals surface area contributed by atoms with E-state index in [1.54, 1.807) is 7.11 Å². The first kappa shape index (κ1) is 17.7. The molecule has 0 unspecified atom stereocenters. The number of fused-ring (bicyclic) bond motifs is 1. The summed E-state index contributed by atoms with van der Waals surface area (Å²) in [5.41, 5.74) is 2.28. The maximum Gasteiger partial charge on any atom is 0.145 e. The number of para-hydroxylation sites is 1. The second kappa shape index (κ2) is 8.35. The van der Waals surface area contributed by atoms with Crippen molar-refractivity contribution in [2.75, 3.05) is 32.1 Å². The second-order valence-corrected chi connectivity index (χ2v) is 7.01. The SMILES string of the molecule is COc1ccc(CCNc2nc(CN3CCCC3)nc3ccccc23)cc1. The van der Waals surface area contributed by atoms with Gasteiger partial charge < -0.3 is 10.1 Å². The van der Waals surface area contributed by atoms with Crippen molar-refractivity contribution in [2.45, 2.75) is 25.8 Å². The van der Waals surface area contributed by atoms with Gasteiger partial charge in [-0.15, -0.1) is 0 Å². The smallest absolute Gasteiger partial charge is 0.145 e. The molecular formula is C22H26N4O. The number of aromatic nitrogens is 2. The summed E-state index contributed by atoms with van der Waals surface area (Å²) in [6.07, 6.45) is 3.49. The molecule has 1 saturated heterocycles. The summed E-state index contributed by atoms with van der Waals surface area (Å²) in [4.78, 5) is 12.1. The molecule has 0 aliphatic carbocycles. The molecule has 140 valence electrons. The Kier molecular flexibility index (Phi) is 5.49. The van der Waals surface area contributed by atoms with Crippen molar-refractivity contribution in [1.82, 2.24) is 14.9 Å². The largest absolute Gasteiger partial charge is 0.497 e. The fourth-order valence-electron chi connectivity index (χ4n) is 3.59. The number of benzene rings is 2. The molecule has 27 heavy (non-hydrogen) atoms. The van der Waals surface area contributed by atoms with E-state index in [-0.39, 0.29) is 0 Å². The van der Waals surface area contributed by atoms with Crippen LogP contribution in [0.5, 0.6) is 5.75 Å². The monoisotopic (exact) mass is 362 g/mol. The van der Waals surface area contributed by atoms with Gasteiger partial charge in [-0.2, -0.15) is 0 Å². The number of nitrogens with one attached hydrogen (secondary N) is 1. The first-order chi connectivity index (χ1) is 13.3. The zero-order valence-electron chi connectivity index (χ0n) is 15.8. The number of nitrogens with zero attached hydrogens (tertiary/aromatic N) is 3. The third-order valence-electron chi connectivity index (χ3n) is 5.08. The van der Waals surface area contributed by atoms with Crippen LogP contribution in [0.15, 0.2) is 48.5 Å². The maximum absolute atomic E-state index is 5.22. The van der Waals surface area contributed by atoms with Crippen molar-refractivity contribution in [1.29, 1.82) is 0 Å². The Bertz CT molecular complexity index is 888. The van der Waals surface area contributed by atoms with Gasteiger partial charge in [-0.25, -0.2) is 9.97 Å². The van der Waals surface area contributed by atoms with Gasteiger partial charge in [0.05, 0.1) is 19.2 Å². The van der Waals surface area contributed by atoms with E-state index < -0.39 is 0 Å². The van der Waals surface area contributed by atoms with E-state index in [0.29, 0.717) is 0 Å². The maximum atomic E-state index is 5.22. The van der Waals surface area contributed by atoms with Crippen LogP contribution in [0.3, 0.4) is 0 Å². The molecule has 0 radical (unpaired) electrons. The lowest BCUT2D eigenvalue weighted by atomic mass is 10.1. The summed E-state index contributed by atoms with van der Waals surface area (Å²) in [6, 6.07) is 16.5. The van der Waals surface area contributed by atoms with Crippen molar-refractivity contribution >= 4 is 16.7 Å². The lowest BCUT2D eigenvalue weighted by molar-refractivity contribution is 0.323. The van der Waals surface area contributed by atoms with E-state index >= 15 is 0 Å². The van der Waals surface area contributed by atoms with Crippen molar-refractivity contribution in [3.05, 3.63) is 59.9 Å². The average molecular weight is 362 g/mol. The van der Waals surface area contributed by atoms with Crippen LogP contribution in [0.25, 0.3) is 10.9 Å². The average Bonchev–Trinajstić information content (AvgIpc) is 3.21. The van der Waals surface area contributed by atoms with Crippen molar-refractivity contribution in [3.63, 3.8) is 0 Å². The number of ether oxygens (including phenoxy) is 1. The molecule has 1 N–H and O–H groups in total. The first-order valence-electron chi connectivity index (χ1n) is 9.66.